The van der Waals surface area contributed by atoms with Crippen LogP contribution in [0.15, 0.2) is 40.9 Å². The third-order valence-electron chi connectivity index (χ3n) is 5.08. The highest BCUT2D eigenvalue weighted by Gasteiger charge is 2.32. The maximum Gasteiger partial charge on any atom is 0.355 e. The molecule has 1 fully saturated rings. The van der Waals surface area contributed by atoms with E-state index in [4.69, 9.17) is 23.9 Å². The quantitative estimate of drug-likeness (QED) is 0.641. The number of carbonyl (C=O) groups excluding carboxylic acids is 2. The zero-order chi connectivity index (χ0) is 21.8. The van der Waals surface area contributed by atoms with Crippen molar-refractivity contribution in [1.82, 2.24) is 4.98 Å². The molecular formula is C21H23N3O6S. The van der Waals surface area contributed by atoms with Crippen molar-refractivity contribution in [2.24, 2.45) is 0 Å². The van der Waals surface area contributed by atoms with Gasteiger partial charge in [0.15, 0.2) is 5.13 Å². The van der Waals surface area contributed by atoms with Crippen molar-refractivity contribution in [3.63, 3.8) is 0 Å². The van der Waals surface area contributed by atoms with E-state index in [1.807, 2.05) is 29.6 Å². The van der Waals surface area contributed by atoms with Crippen LogP contribution >= 0.6 is 11.3 Å². The second-order valence-electron chi connectivity index (χ2n) is 6.88. The Kier molecular flexibility index (Phi) is 6.50. The van der Waals surface area contributed by atoms with E-state index in [0.717, 1.165) is 29.5 Å². The van der Waals surface area contributed by atoms with Gasteiger partial charge < -0.3 is 28.7 Å². The van der Waals surface area contributed by atoms with E-state index in [-0.39, 0.29) is 24.6 Å². The summed E-state index contributed by atoms with van der Waals surface area (Å²) in [6.45, 7) is 3.20. The SMILES string of the molecule is COC(=O)C1=C(C(=O)OC)N(c2ccc(-c3csc(N4CCOCC4)n3)cc2)COC1. The molecule has 10 heteroatoms. The van der Waals surface area contributed by atoms with Crippen LogP contribution in [0.2, 0.25) is 0 Å². The standard InChI is InChI=1S/C21H23N3O6S/c1-27-19(25)16-11-30-13-24(18(16)20(26)28-2)15-5-3-14(4-6-15)17-12-31-21(22-17)23-7-9-29-10-8-23/h3-6,12H,7-11,13H2,1-2H3. The van der Waals surface area contributed by atoms with Crippen LogP contribution in [0.25, 0.3) is 11.3 Å². The Balaban J connectivity index is 1.59. The number of aromatic nitrogens is 1. The summed E-state index contributed by atoms with van der Waals surface area (Å²) in [6, 6.07) is 7.56. The second kappa shape index (κ2) is 9.46. The number of hydrogen-bond acceptors (Lipinski definition) is 10. The lowest BCUT2D eigenvalue weighted by Crippen LogP contribution is -2.38. The van der Waals surface area contributed by atoms with Gasteiger partial charge in [-0.25, -0.2) is 14.6 Å². The van der Waals surface area contributed by atoms with Crippen molar-refractivity contribution < 1.29 is 28.5 Å². The molecule has 0 atom stereocenters. The molecule has 164 valence electrons. The monoisotopic (exact) mass is 445 g/mol. The molecule has 0 aliphatic carbocycles. The van der Waals surface area contributed by atoms with Crippen LogP contribution < -0.4 is 9.80 Å². The molecule has 2 aliphatic rings. The largest absolute Gasteiger partial charge is 0.466 e. The summed E-state index contributed by atoms with van der Waals surface area (Å²) < 4.78 is 20.6. The Morgan fingerprint density at radius 2 is 1.74 bits per heavy atom. The number of carbonyl (C=O) groups is 2. The van der Waals surface area contributed by atoms with E-state index in [1.54, 1.807) is 16.2 Å². The van der Waals surface area contributed by atoms with E-state index in [2.05, 4.69) is 4.90 Å². The first-order chi connectivity index (χ1) is 15.1. The highest BCUT2D eigenvalue weighted by atomic mass is 32.1. The Bertz CT molecular complexity index is 981. The molecule has 0 unspecified atom stereocenters. The molecule has 0 bridgehead atoms. The highest BCUT2D eigenvalue weighted by molar-refractivity contribution is 7.14. The summed E-state index contributed by atoms with van der Waals surface area (Å²) >= 11 is 1.61. The molecule has 1 aromatic heterocycles. The fourth-order valence-corrected chi connectivity index (χ4v) is 4.34. The summed E-state index contributed by atoms with van der Waals surface area (Å²) in [6.07, 6.45) is 0. The number of benzene rings is 1. The van der Waals surface area contributed by atoms with Crippen molar-refractivity contribution in [2.75, 3.05) is 63.7 Å². The normalized spacial score (nSPS) is 17.0. The van der Waals surface area contributed by atoms with Gasteiger partial charge in [0.25, 0.3) is 0 Å². The lowest BCUT2D eigenvalue weighted by molar-refractivity contribution is -0.140. The molecule has 31 heavy (non-hydrogen) atoms. The molecule has 3 heterocycles. The molecule has 0 saturated carbocycles. The van der Waals surface area contributed by atoms with Crippen molar-refractivity contribution in [3.05, 3.63) is 40.9 Å². The number of anilines is 2. The molecule has 0 radical (unpaired) electrons. The van der Waals surface area contributed by atoms with Gasteiger partial charge in [-0.2, -0.15) is 0 Å². The van der Waals surface area contributed by atoms with E-state index in [1.165, 1.54) is 14.2 Å². The molecular weight excluding hydrogens is 422 g/mol. The number of methoxy groups -OCH3 is 2. The molecule has 0 spiro atoms. The maximum atomic E-state index is 12.4. The second-order valence-corrected chi connectivity index (χ2v) is 7.71. The van der Waals surface area contributed by atoms with Crippen molar-refractivity contribution >= 4 is 34.1 Å². The van der Waals surface area contributed by atoms with Crippen LogP contribution in [-0.2, 0) is 28.5 Å². The summed E-state index contributed by atoms with van der Waals surface area (Å²) in [5.74, 6) is -1.25. The number of esters is 2. The number of ether oxygens (including phenoxy) is 4. The minimum atomic E-state index is -0.625. The van der Waals surface area contributed by atoms with Crippen LogP contribution in [0.4, 0.5) is 10.8 Å². The molecule has 1 saturated heterocycles. The first-order valence-electron chi connectivity index (χ1n) is 9.76. The van der Waals surface area contributed by atoms with Crippen LogP contribution in [0, 0.1) is 0 Å². The zero-order valence-corrected chi connectivity index (χ0v) is 18.1. The van der Waals surface area contributed by atoms with Crippen LogP contribution in [0.1, 0.15) is 0 Å². The summed E-state index contributed by atoms with van der Waals surface area (Å²) in [5.41, 5.74) is 2.77. The van der Waals surface area contributed by atoms with Crippen LogP contribution in [0.3, 0.4) is 0 Å². The number of rotatable bonds is 5. The lowest BCUT2D eigenvalue weighted by atomic mass is 10.1. The van der Waals surface area contributed by atoms with Gasteiger partial charge in [-0.1, -0.05) is 12.1 Å². The van der Waals surface area contributed by atoms with Gasteiger partial charge in [0.1, 0.15) is 12.4 Å². The Morgan fingerprint density at radius 3 is 2.42 bits per heavy atom. The average Bonchev–Trinajstić information content (AvgIpc) is 3.33. The molecule has 2 aromatic rings. The molecule has 0 N–H and O–H groups in total. The smallest absolute Gasteiger partial charge is 0.355 e. The van der Waals surface area contributed by atoms with E-state index in [9.17, 15) is 9.59 Å². The fraction of sp³-hybridized carbons (Fsp3) is 0.381. The van der Waals surface area contributed by atoms with Gasteiger partial charge in [0, 0.05) is 29.7 Å². The first kappa shape index (κ1) is 21.3. The predicted octanol–water partition coefficient (Wildman–Crippen LogP) is 2.04. The molecule has 0 amide bonds. The van der Waals surface area contributed by atoms with Crippen LogP contribution in [0.5, 0.6) is 0 Å². The van der Waals surface area contributed by atoms with Crippen molar-refractivity contribution in [3.8, 4) is 11.3 Å². The van der Waals surface area contributed by atoms with Crippen molar-refractivity contribution in [1.29, 1.82) is 0 Å². The number of morpholine rings is 1. The number of hydrogen-bond donors (Lipinski definition) is 0. The van der Waals surface area contributed by atoms with Gasteiger partial charge in [0.05, 0.1) is 45.3 Å². The van der Waals surface area contributed by atoms with Gasteiger partial charge in [-0.05, 0) is 12.1 Å². The first-order valence-corrected chi connectivity index (χ1v) is 10.6. The molecule has 9 nitrogen and oxygen atoms in total. The predicted molar refractivity (Wildman–Crippen MR) is 115 cm³/mol. The van der Waals surface area contributed by atoms with Gasteiger partial charge in [-0.15, -0.1) is 11.3 Å². The average molecular weight is 445 g/mol. The minimum Gasteiger partial charge on any atom is -0.466 e. The third-order valence-corrected chi connectivity index (χ3v) is 5.98. The topological polar surface area (TPSA) is 90.4 Å². The van der Waals surface area contributed by atoms with Gasteiger partial charge in [0.2, 0.25) is 0 Å². The zero-order valence-electron chi connectivity index (χ0n) is 17.3. The minimum absolute atomic E-state index is 0.0190. The van der Waals surface area contributed by atoms with E-state index < -0.39 is 11.9 Å². The summed E-state index contributed by atoms with van der Waals surface area (Å²) in [4.78, 5) is 33.1. The summed E-state index contributed by atoms with van der Waals surface area (Å²) in [7, 11) is 2.53. The van der Waals surface area contributed by atoms with Crippen molar-refractivity contribution in [2.45, 2.75) is 0 Å². The lowest BCUT2D eigenvalue weighted by Gasteiger charge is -2.31. The van der Waals surface area contributed by atoms with E-state index in [0.29, 0.717) is 18.9 Å². The van der Waals surface area contributed by atoms with Gasteiger partial charge in [-0.3, -0.25) is 0 Å². The van der Waals surface area contributed by atoms with E-state index >= 15 is 0 Å². The van der Waals surface area contributed by atoms with Gasteiger partial charge >= 0.3 is 11.9 Å². The highest BCUT2D eigenvalue weighted by Crippen LogP contribution is 2.31. The Hall–Kier alpha value is -2.95. The van der Waals surface area contributed by atoms with Crippen LogP contribution in [-0.4, -0.2) is 70.8 Å². The number of thiazole rings is 1. The fourth-order valence-electron chi connectivity index (χ4n) is 3.46. The Morgan fingerprint density at radius 1 is 1.03 bits per heavy atom. The summed E-state index contributed by atoms with van der Waals surface area (Å²) in [5, 5.41) is 3.00. The Labute approximate surface area is 183 Å². The third kappa shape index (κ3) is 4.41. The maximum absolute atomic E-state index is 12.4. The molecule has 4 rings (SSSR count). The number of nitrogens with zero attached hydrogens (tertiary/aromatic N) is 3. The molecule has 1 aromatic carbocycles. The molecule has 2 aliphatic heterocycles.